The van der Waals surface area contributed by atoms with E-state index in [1.807, 2.05) is 13.0 Å². The lowest BCUT2D eigenvalue weighted by atomic mass is 9.96. The summed E-state index contributed by atoms with van der Waals surface area (Å²) < 4.78 is 39.2. The van der Waals surface area contributed by atoms with Gasteiger partial charge in [0, 0.05) is 28.7 Å². The van der Waals surface area contributed by atoms with Crippen LogP contribution in [0.3, 0.4) is 0 Å². The van der Waals surface area contributed by atoms with E-state index in [0.29, 0.717) is 10.8 Å². The molecule has 0 heterocycles. The third-order valence-electron chi connectivity index (χ3n) is 5.22. The van der Waals surface area contributed by atoms with Crippen LogP contribution in [-0.4, -0.2) is 18.1 Å². The molecule has 3 rings (SSSR count). The van der Waals surface area contributed by atoms with Crippen LogP contribution in [0.1, 0.15) is 35.7 Å². The molecule has 4 nitrogen and oxygen atoms in total. The van der Waals surface area contributed by atoms with Crippen LogP contribution in [0.15, 0.2) is 36.4 Å². The van der Waals surface area contributed by atoms with Crippen LogP contribution in [0.5, 0.6) is 0 Å². The minimum atomic E-state index is -4.44. The summed E-state index contributed by atoms with van der Waals surface area (Å²) in [6.45, 7) is 2.93. The number of carbonyl (C=O) groups is 1. The highest BCUT2D eigenvalue weighted by molar-refractivity contribution is 5.96. The van der Waals surface area contributed by atoms with E-state index in [1.165, 1.54) is 6.20 Å². The quantitative estimate of drug-likeness (QED) is 0.734. The van der Waals surface area contributed by atoms with E-state index in [2.05, 4.69) is 5.32 Å². The highest BCUT2D eigenvalue weighted by Crippen LogP contribution is 2.29. The van der Waals surface area contributed by atoms with Crippen LogP contribution in [0.25, 0.3) is 23.0 Å². The zero-order chi connectivity index (χ0) is 21.3. The number of nitrogens with two attached hydrogens (primary N) is 2. The topological polar surface area (TPSA) is 81.1 Å². The van der Waals surface area contributed by atoms with Crippen LogP contribution >= 0.6 is 0 Å². The lowest BCUT2D eigenvalue weighted by Crippen LogP contribution is -2.37. The summed E-state index contributed by atoms with van der Waals surface area (Å²) in [6.07, 6.45) is -1.20. The van der Waals surface area contributed by atoms with Crippen molar-refractivity contribution in [3.63, 3.8) is 0 Å². The second kappa shape index (κ2) is 7.81. The number of halogens is 3. The van der Waals surface area contributed by atoms with Gasteiger partial charge >= 0.3 is 6.18 Å². The number of aryl methyl sites for hydroxylation is 1. The Morgan fingerprint density at radius 2 is 1.90 bits per heavy atom. The SMILES string of the molecule is Cc1ccc(C(=O)NC2CC2)cc1-c1ccc(=C(/N)C(C)C(F)(F)F)/c(=C\N)c1. The van der Waals surface area contributed by atoms with Crippen molar-refractivity contribution in [1.82, 2.24) is 5.32 Å². The summed E-state index contributed by atoms with van der Waals surface area (Å²) in [5.41, 5.74) is 14.2. The maximum atomic E-state index is 13.1. The van der Waals surface area contributed by atoms with Gasteiger partial charge in [0.15, 0.2) is 0 Å². The molecule has 1 unspecified atom stereocenters. The number of rotatable bonds is 4. The summed E-state index contributed by atoms with van der Waals surface area (Å²) >= 11 is 0. The van der Waals surface area contributed by atoms with Gasteiger partial charge in [-0.3, -0.25) is 4.79 Å². The maximum absolute atomic E-state index is 13.1. The van der Waals surface area contributed by atoms with Crippen LogP contribution < -0.4 is 27.2 Å². The molecule has 1 aliphatic carbocycles. The van der Waals surface area contributed by atoms with Gasteiger partial charge in [-0.2, -0.15) is 13.2 Å². The highest BCUT2D eigenvalue weighted by atomic mass is 19.4. The lowest BCUT2D eigenvalue weighted by Gasteiger charge is -2.16. The highest BCUT2D eigenvalue weighted by Gasteiger charge is 2.37. The first-order valence-electron chi connectivity index (χ1n) is 9.42. The summed E-state index contributed by atoms with van der Waals surface area (Å²) in [7, 11) is 0. The van der Waals surface area contributed by atoms with Gasteiger partial charge in [-0.05, 0) is 66.8 Å². The molecule has 2 aromatic rings. The summed E-state index contributed by atoms with van der Waals surface area (Å²) in [6, 6.07) is 10.6. The molecule has 7 heteroatoms. The molecule has 0 aliphatic heterocycles. The van der Waals surface area contributed by atoms with Crippen molar-refractivity contribution in [2.45, 2.75) is 38.9 Å². The van der Waals surface area contributed by atoms with E-state index in [9.17, 15) is 18.0 Å². The van der Waals surface area contributed by atoms with Gasteiger partial charge in [0.25, 0.3) is 5.91 Å². The van der Waals surface area contributed by atoms with E-state index in [-0.39, 0.29) is 22.9 Å². The fourth-order valence-corrected chi connectivity index (χ4v) is 3.11. The van der Waals surface area contributed by atoms with E-state index in [1.54, 1.807) is 30.3 Å². The number of hydrogen-bond acceptors (Lipinski definition) is 3. The Labute approximate surface area is 167 Å². The monoisotopic (exact) mass is 403 g/mol. The predicted octanol–water partition coefficient (Wildman–Crippen LogP) is 2.52. The second-order valence-corrected chi connectivity index (χ2v) is 7.46. The zero-order valence-electron chi connectivity index (χ0n) is 16.3. The van der Waals surface area contributed by atoms with Crippen LogP contribution in [0.4, 0.5) is 13.2 Å². The first kappa shape index (κ1) is 20.8. The second-order valence-electron chi connectivity index (χ2n) is 7.46. The van der Waals surface area contributed by atoms with Gasteiger partial charge in [-0.15, -0.1) is 0 Å². The van der Waals surface area contributed by atoms with Crippen LogP contribution in [-0.2, 0) is 0 Å². The molecule has 29 heavy (non-hydrogen) atoms. The Morgan fingerprint density at radius 1 is 1.21 bits per heavy atom. The van der Waals surface area contributed by atoms with Gasteiger partial charge in [0.1, 0.15) is 0 Å². The van der Waals surface area contributed by atoms with Crippen LogP contribution in [0.2, 0.25) is 0 Å². The Bertz CT molecular complexity index is 1060. The number of amides is 1. The molecule has 0 bridgehead atoms. The Balaban J connectivity index is 2.06. The van der Waals surface area contributed by atoms with Crippen LogP contribution in [0, 0.1) is 12.8 Å². The number of hydrogen-bond donors (Lipinski definition) is 3. The van der Waals surface area contributed by atoms with Crippen molar-refractivity contribution < 1.29 is 18.0 Å². The minimum absolute atomic E-state index is 0.132. The molecule has 2 aromatic carbocycles. The van der Waals surface area contributed by atoms with Crippen molar-refractivity contribution in [2.75, 3.05) is 0 Å². The first-order valence-corrected chi connectivity index (χ1v) is 9.42. The Hall–Kier alpha value is -2.96. The molecule has 1 amide bonds. The molecular weight excluding hydrogens is 379 g/mol. The van der Waals surface area contributed by atoms with Crippen molar-refractivity contribution in [1.29, 1.82) is 0 Å². The largest absolute Gasteiger partial charge is 0.404 e. The van der Waals surface area contributed by atoms with E-state index < -0.39 is 12.1 Å². The normalized spacial score (nSPS) is 17.1. The van der Waals surface area contributed by atoms with Gasteiger partial charge in [0.05, 0.1) is 5.92 Å². The minimum Gasteiger partial charge on any atom is -0.404 e. The maximum Gasteiger partial charge on any atom is 0.396 e. The van der Waals surface area contributed by atoms with Crippen molar-refractivity contribution in [3.8, 4) is 11.1 Å². The molecule has 0 saturated heterocycles. The molecule has 5 N–H and O–H groups in total. The molecule has 1 fully saturated rings. The number of alkyl halides is 3. The van der Waals surface area contributed by atoms with E-state index >= 15 is 0 Å². The average molecular weight is 403 g/mol. The molecule has 0 radical (unpaired) electrons. The third kappa shape index (κ3) is 4.55. The number of carbonyl (C=O) groups excluding carboxylic acids is 1. The fourth-order valence-electron chi connectivity index (χ4n) is 3.11. The summed E-state index contributed by atoms with van der Waals surface area (Å²) in [5, 5.41) is 3.61. The fraction of sp³-hybridized carbons (Fsp3) is 0.318. The lowest BCUT2D eigenvalue weighted by molar-refractivity contribution is -0.154. The van der Waals surface area contributed by atoms with Gasteiger partial charge in [-0.25, -0.2) is 0 Å². The molecule has 0 spiro atoms. The molecule has 0 aromatic heterocycles. The van der Waals surface area contributed by atoms with Crippen molar-refractivity contribution >= 4 is 17.8 Å². The van der Waals surface area contributed by atoms with E-state index in [4.69, 9.17) is 11.5 Å². The predicted molar refractivity (Wildman–Crippen MR) is 108 cm³/mol. The standard InChI is InChI=1S/C22H24F3N3O/c1-12-3-4-15(21(29)28-17-6-7-17)10-19(12)14-5-8-18(16(9-14)11-26)20(27)13(2)22(23,24)25/h3-5,8-11,13,17H,6-7,26-27H2,1-2H3,(H,28,29)/b16-11-,20-18-. The zero-order valence-corrected chi connectivity index (χ0v) is 16.3. The molecule has 1 aliphatic rings. The van der Waals surface area contributed by atoms with Gasteiger partial charge < -0.3 is 16.8 Å². The first-order chi connectivity index (χ1) is 13.6. The summed E-state index contributed by atoms with van der Waals surface area (Å²) in [4.78, 5) is 12.4. The average Bonchev–Trinajstić information content (AvgIpc) is 3.49. The Kier molecular flexibility index (Phi) is 5.59. The van der Waals surface area contributed by atoms with Crippen molar-refractivity contribution in [3.05, 3.63) is 58.0 Å². The van der Waals surface area contributed by atoms with Crippen molar-refractivity contribution in [2.24, 2.45) is 17.4 Å². The molecule has 154 valence electrons. The molecule has 1 atom stereocenters. The smallest absolute Gasteiger partial charge is 0.396 e. The van der Waals surface area contributed by atoms with Gasteiger partial charge in [-0.1, -0.05) is 18.2 Å². The number of benzene rings is 2. The molecular formula is C22H24F3N3O. The van der Waals surface area contributed by atoms with E-state index in [0.717, 1.165) is 36.5 Å². The third-order valence-corrected chi connectivity index (χ3v) is 5.22. The van der Waals surface area contributed by atoms with Gasteiger partial charge in [0.2, 0.25) is 0 Å². The number of nitrogens with one attached hydrogen (secondary N) is 1. The molecule has 1 saturated carbocycles. The Morgan fingerprint density at radius 3 is 2.48 bits per heavy atom. The summed E-state index contributed by atoms with van der Waals surface area (Å²) in [5.74, 6) is -1.92.